The number of carbonyl (C=O) groups is 1. The summed E-state index contributed by atoms with van der Waals surface area (Å²) in [6.45, 7) is 7.13. The minimum atomic E-state index is 0.774. The Hall–Kier alpha value is -0.410. The lowest BCUT2D eigenvalue weighted by atomic mass is 10.4. The number of likely N-dealkylation sites (N-methyl/N-ethyl adjacent to an activating group) is 1. The smallest absolute Gasteiger partial charge is 0.106 e. The third-order valence-electron chi connectivity index (χ3n) is 1.12. The standard InChI is InChI=1S/C6H16N2.CH2O/c1-3-5-8(2)6-4-7;1-2/h3-7H2,1-2H3;1H2. The van der Waals surface area contributed by atoms with Crippen LogP contribution in [0.25, 0.3) is 0 Å². The molecule has 0 bridgehead atoms. The van der Waals surface area contributed by atoms with Crippen molar-refractivity contribution in [3.63, 3.8) is 0 Å². The van der Waals surface area contributed by atoms with Crippen molar-refractivity contribution in [3.8, 4) is 0 Å². The fourth-order valence-corrected chi connectivity index (χ4v) is 0.714. The maximum absolute atomic E-state index is 8.00. The molecule has 0 unspecified atom stereocenters. The van der Waals surface area contributed by atoms with Gasteiger partial charge in [0.2, 0.25) is 0 Å². The third kappa shape index (κ3) is 10.5. The van der Waals surface area contributed by atoms with Crippen LogP contribution in [-0.4, -0.2) is 38.4 Å². The molecule has 0 rings (SSSR count). The van der Waals surface area contributed by atoms with Crippen LogP contribution >= 0.6 is 0 Å². The van der Waals surface area contributed by atoms with Gasteiger partial charge in [0.05, 0.1) is 0 Å². The highest BCUT2D eigenvalue weighted by Crippen LogP contribution is 1.82. The molecule has 0 aromatic heterocycles. The topological polar surface area (TPSA) is 46.3 Å². The van der Waals surface area contributed by atoms with Gasteiger partial charge in [0.15, 0.2) is 0 Å². The first-order chi connectivity index (χ1) is 4.81. The van der Waals surface area contributed by atoms with Gasteiger partial charge >= 0.3 is 0 Å². The van der Waals surface area contributed by atoms with E-state index in [9.17, 15) is 0 Å². The van der Waals surface area contributed by atoms with Gasteiger partial charge in [0.25, 0.3) is 0 Å². The Morgan fingerprint density at radius 1 is 1.40 bits per heavy atom. The Morgan fingerprint density at radius 2 is 1.90 bits per heavy atom. The van der Waals surface area contributed by atoms with Gasteiger partial charge in [-0.05, 0) is 20.0 Å². The molecule has 3 heteroatoms. The molecule has 0 heterocycles. The molecular formula is C7H18N2O. The summed E-state index contributed by atoms with van der Waals surface area (Å²) < 4.78 is 0. The quantitative estimate of drug-likeness (QED) is 0.612. The van der Waals surface area contributed by atoms with E-state index in [1.165, 1.54) is 6.42 Å². The van der Waals surface area contributed by atoms with Gasteiger partial charge in [-0.2, -0.15) is 0 Å². The number of hydrogen-bond donors (Lipinski definition) is 1. The molecule has 62 valence electrons. The monoisotopic (exact) mass is 146 g/mol. The molecule has 2 N–H and O–H groups in total. The van der Waals surface area contributed by atoms with E-state index in [4.69, 9.17) is 10.5 Å². The molecule has 0 aromatic carbocycles. The second-order valence-corrected chi connectivity index (χ2v) is 2.09. The third-order valence-corrected chi connectivity index (χ3v) is 1.12. The van der Waals surface area contributed by atoms with Crippen molar-refractivity contribution in [2.24, 2.45) is 5.73 Å². The largest absolute Gasteiger partial charge is 0.329 e. The van der Waals surface area contributed by atoms with Crippen molar-refractivity contribution in [3.05, 3.63) is 0 Å². The first-order valence-electron chi connectivity index (χ1n) is 3.48. The second-order valence-electron chi connectivity index (χ2n) is 2.09. The average Bonchev–Trinajstić information content (AvgIpc) is 1.93. The number of nitrogens with zero attached hydrogens (tertiary/aromatic N) is 1. The van der Waals surface area contributed by atoms with E-state index in [0.29, 0.717) is 0 Å². The molecule has 0 saturated carbocycles. The second kappa shape index (κ2) is 11.4. The van der Waals surface area contributed by atoms with Crippen LogP contribution in [0.15, 0.2) is 0 Å². The first kappa shape index (κ1) is 12.3. The summed E-state index contributed by atoms with van der Waals surface area (Å²) in [6, 6.07) is 0. The predicted octanol–water partition coefficient (Wildman–Crippen LogP) is 0.102. The molecule has 0 aromatic rings. The summed E-state index contributed by atoms with van der Waals surface area (Å²) in [7, 11) is 2.09. The summed E-state index contributed by atoms with van der Waals surface area (Å²) in [5.74, 6) is 0. The van der Waals surface area contributed by atoms with Gasteiger partial charge in [-0.15, -0.1) is 0 Å². The molecule has 0 spiro atoms. The molecule has 0 saturated heterocycles. The minimum Gasteiger partial charge on any atom is -0.329 e. The van der Waals surface area contributed by atoms with E-state index in [-0.39, 0.29) is 0 Å². The molecule has 0 atom stereocenters. The summed E-state index contributed by atoms with van der Waals surface area (Å²) in [4.78, 5) is 10.2. The number of rotatable bonds is 4. The van der Waals surface area contributed by atoms with Crippen LogP contribution in [0.1, 0.15) is 13.3 Å². The molecule has 0 radical (unpaired) electrons. The molecule has 0 aliphatic heterocycles. The zero-order chi connectivity index (χ0) is 8.41. The summed E-state index contributed by atoms with van der Waals surface area (Å²) in [6.07, 6.45) is 1.22. The number of carbonyl (C=O) groups excluding carboxylic acids is 1. The van der Waals surface area contributed by atoms with Crippen molar-refractivity contribution in [1.29, 1.82) is 0 Å². The Bertz CT molecular complexity index is 53.6. The molecule has 0 amide bonds. The van der Waals surface area contributed by atoms with Crippen LogP contribution in [0.5, 0.6) is 0 Å². The fraction of sp³-hybridized carbons (Fsp3) is 0.857. The minimum absolute atomic E-state index is 0.774. The van der Waals surface area contributed by atoms with E-state index < -0.39 is 0 Å². The molecule has 0 fully saturated rings. The molecule has 3 nitrogen and oxygen atoms in total. The van der Waals surface area contributed by atoms with E-state index in [2.05, 4.69) is 18.9 Å². The molecule has 0 aliphatic carbocycles. The Morgan fingerprint density at radius 3 is 2.20 bits per heavy atom. The van der Waals surface area contributed by atoms with Crippen LogP contribution in [0, 0.1) is 0 Å². The van der Waals surface area contributed by atoms with Gasteiger partial charge in [0.1, 0.15) is 6.79 Å². The first-order valence-corrected chi connectivity index (χ1v) is 3.48. The fourth-order valence-electron chi connectivity index (χ4n) is 0.714. The number of hydrogen-bond acceptors (Lipinski definition) is 3. The highest BCUT2D eigenvalue weighted by molar-refractivity contribution is 5.10. The van der Waals surface area contributed by atoms with Gasteiger partial charge < -0.3 is 15.4 Å². The van der Waals surface area contributed by atoms with Gasteiger partial charge in [0, 0.05) is 13.1 Å². The molecule has 0 aliphatic rings. The van der Waals surface area contributed by atoms with E-state index in [1.807, 2.05) is 6.79 Å². The summed E-state index contributed by atoms with van der Waals surface area (Å²) in [5, 5.41) is 0. The van der Waals surface area contributed by atoms with Crippen LogP contribution in [0.4, 0.5) is 0 Å². The Kier molecular flexibility index (Phi) is 14.0. The van der Waals surface area contributed by atoms with Gasteiger partial charge in [-0.3, -0.25) is 0 Å². The number of nitrogens with two attached hydrogens (primary N) is 1. The zero-order valence-electron chi connectivity index (χ0n) is 6.97. The lowest BCUT2D eigenvalue weighted by molar-refractivity contribution is -0.0979. The normalized spacial score (nSPS) is 8.80. The van der Waals surface area contributed by atoms with Crippen molar-refractivity contribution in [2.75, 3.05) is 26.7 Å². The average molecular weight is 146 g/mol. The predicted molar refractivity (Wildman–Crippen MR) is 44.0 cm³/mol. The van der Waals surface area contributed by atoms with E-state index >= 15 is 0 Å². The van der Waals surface area contributed by atoms with Crippen LogP contribution in [0.3, 0.4) is 0 Å². The SMILES string of the molecule is C=O.CCCN(C)CCN. The van der Waals surface area contributed by atoms with Gasteiger partial charge in [-0.1, -0.05) is 6.92 Å². The maximum atomic E-state index is 8.00. The Balaban J connectivity index is 0. The van der Waals surface area contributed by atoms with Crippen molar-refractivity contribution >= 4 is 6.79 Å². The Labute approximate surface area is 63.2 Å². The highest BCUT2D eigenvalue weighted by atomic mass is 16.1. The van der Waals surface area contributed by atoms with Crippen LogP contribution in [0.2, 0.25) is 0 Å². The lowest BCUT2D eigenvalue weighted by Gasteiger charge is -2.12. The van der Waals surface area contributed by atoms with Crippen molar-refractivity contribution in [1.82, 2.24) is 4.90 Å². The lowest BCUT2D eigenvalue weighted by Crippen LogP contribution is -2.25. The van der Waals surface area contributed by atoms with Crippen molar-refractivity contribution < 1.29 is 4.79 Å². The molecular weight excluding hydrogens is 128 g/mol. The highest BCUT2D eigenvalue weighted by Gasteiger charge is 1.90. The van der Waals surface area contributed by atoms with E-state index in [1.54, 1.807) is 0 Å². The van der Waals surface area contributed by atoms with Crippen LogP contribution in [-0.2, 0) is 4.79 Å². The van der Waals surface area contributed by atoms with Crippen LogP contribution < -0.4 is 5.73 Å². The molecule has 10 heavy (non-hydrogen) atoms. The van der Waals surface area contributed by atoms with Crippen molar-refractivity contribution in [2.45, 2.75) is 13.3 Å². The summed E-state index contributed by atoms with van der Waals surface area (Å²) in [5.41, 5.74) is 5.32. The van der Waals surface area contributed by atoms with Gasteiger partial charge in [-0.25, -0.2) is 0 Å². The summed E-state index contributed by atoms with van der Waals surface area (Å²) >= 11 is 0. The zero-order valence-corrected chi connectivity index (χ0v) is 6.97. The van der Waals surface area contributed by atoms with E-state index in [0.717, 1.165) is 19.6 Å². The maximum Gasteiger partial charge on any atom is 0.106 e.